The van der Waals surface area contributed by atoms with Crippen molar-refractivity contribution in [1.82, 2.24) is 5.32 Å². The number of nitrogens with one attached hydrogen (secondary N) is 1. The van der Waals surface area contributed by atoms with Gasteiger partial charge in [0.1, 0.15) is 5.82 Å². The number of rotatable bonds is 2. The van der Waals surface area contributed by atoms with E-state index in [2.05, 4.69) is 24.1 Å². The molecule has 16 heavy (non-hydrogen) atoms. The fourth-order valence-corrected chi connectivity index (χ4v) is 2.27. The summed E-state index contributed by atoms with van der Waals surface area (Å²) < 4.78 is 12.9. The van der Waals surface area contributed by atoms with Crippen LogP contribution in [0.25, 0.3) is 0 Å². The van der Waals surface area contributed by atoms with Crippen LogP contribution in [-0.2, 0) is 0 Å². The summed E-state index contributed by atoms with van der Waals surface area (Å²) in [7, 11) is 0. The molecular weight excluding hydrogens is 203 g/mol. The lowest BCUT2D eigenvalue weighted by Gasteiger charge is -2.40. The molecular formula is C13H19FN2. The minimum absolute atomic E-state index is 0.167. The average Bonchev–Trinajstić information content (AvgIpc) is 2.30. The summed E-state index contributed by atoms with van der Waals surface area (Å²) >= 11 is 0. The van der Waals surface area contributed by atoms with Crippen molar-refractivity contribution in [3.8, 4) is 0 Å². The largest absolute Gasteiger partial charge is 0.366 e. The third-order valence-electron chi connectivity index (χ3n) is 3.21. The second-order valence-corrected chi connectivity index (χ2v) is 4.69. The fraction of sp³-hybridized carbons (Fsp3) is 0.538. The lowest BCUT2D eigenvalue weighted by molar-refractivity contribution is 0.390. The molecule has 0 bridgehead atoms. The Morgan fingerprint density at radius 2 is 2.00 bits per heavy atom. The van der Waals surface area contributed by atoms with Gasteiger partial charge in [-0.1, -0.05) is 13.8 Å². The van der Waals surface area contributed by atoms with E-state index >= 15 is 0 Å². The van der Waals surface area contributed by atoms with Crippen molar-refractivity contribution in [2.45, 2.75) is 19.9 Å². The van der Waals surface area contributed by atoms with Gasteiger partial charge in [-0.15, -0.1) is 0 Å². The van der Waals surface area contributed by atoms with Crippen molar-refractivity contribution in [2.75, 3.05) is 24.5 Å². The van der Waals surface area contributed by atoms with Crippen LogP contribution in [0.2, 0.25) is 0 Å². The Kier molecular flexibility index (Phi) is 3.44. The number of nitrogens with zero attached hydrogens (tertiary/aromatic N) is 1. The van der Waals surface area contributed by atoms with Crippen molar-refractivity contribution in [3.05, 3.63) is 30.1 Å². The first kappa shape index (κ1) is 11.4. The molecule has 88 valence electrons. The molecule has 1 unspecified atom stereocenters. The van der Waals surface area contributed by atoms with Crippen LogP contribution in [0.4, 0.5) is 10.1 Å². The van der Waals surface area contributed by atoms with Crippen LogP contribution in [-0.4, -0.2) is 25.7 Å². The van der Waals surface area contributed by atoms with Gasteiger partial charge in [-0.25, -0.2) is 4.39 Å². The summed E-state index contributed by atoms with van der Waals surface area (Å²) in [6.45, 7) is 7.46. The zero-order valence-electron chi connectivity index (χ0n) is 9.91. The van der Waals surface area contributed by atoms with Crippen LogP contribution >= 0.6 is 0 Å². The van der Waals surface area contributed by atoms with E-state index in [1.54, 1.807) is 0 Å². The van der Waals surface area contributed by atoms with E-state index < -0.39 is 0 Å². The molecule has 0 saturated carbocycles. The summed E-state index contributed by atoms with van der Waals surface area (Å²) in [4.78, 5) is 2.38. The Hall–Kier alpha value is -1.09. The molecule has 1 aliphatic rings. The highest BCUT2D eigenvalue weighted by Crippen LogP contribution is 2.22. The number of halogens is 1. The van der Waals surface area contributed by atoms with Crippen LogP contribution in [0, 0.1) is 11.7 Å². The lowest BCUT2D eigenvalue weighted by atomic mass is 10.00. The Labute approximate surface area is 96.5 Å². The SMILES string of the molecule is CC(C)C1CNCCN1c1ccc(F)cc1. The second kappa shape index (κ2) is 4.83. The Morgan fingerprint density at radius 3 is 2.62 bits per heavy atom. The monoisotopic (exact) mass is 222 g/mol. The molecule has 3 heteroatoms. The molecule has 0 amide bonds. The zero-order valence-corrected chi connectivity index (χ0v) is 9.91. The summed E-state index contributed by atoms with van der Waals surface area (Å²) in [5.41, 5.74) is 1.13. The molecule has 2 nitrogen and oxygen atoms in total. The van der Waals surface area contributed by atoms with E-state index in [1.165, 1.54) is 12.1 Å². The van der Waals surface area contributed by atoms with Gasteiger partial charge in [0.05, 0.1) is 0 Å². The third-order valence-corrected chi connectivity index (χ3v) is 3.21. The van der Waals surface area contributed by atoms with Gasteiger partial charge in [-0.05, 0) is 30.2 Å². The molecule has 1 N–H and O–H groups in total. The summed E-state index contributed by atoms with van der Waals surface area (Å²) in [6.07, 6.45) is 0. The second-order valence-electron chi connectivity index (χ2n) is 4.69. The van der Waals surface area contributed by atoms with Gasteiger partial charge >= 0.3 is 0 Å². The molecule has 1 aliphatic heterocycles. The minimum Gasteiger partial charge on any atom is -0.366 e. The van der Waals surface area contributed by atoms with Gasteiger partial charge in [-0.2, -0.15) is 0 Å². The molecule has 1 aromatic rings. The van der Waals surface area contributed by atoms with Gasteiger partial charge in [0.25, 0.3) is 0 Å². The predicted octanol–water partition coefficient (Wildman–Crippen LogP) is 2.26. The normalized spacial score (nSPS) is 21.5. The Bertz CT molecular complexity index is 334. The number of hydrogen-bond donors (Lipinski definition) is 1. The Morgan fingerprint density at radius 1 is 1.31 bits per heavy atom. The first-order valence-corrected chi connectivity index (χ1v) is 5.91. The van der Waals surface area contributed by atoms with Crippen LogP contribution in [0.3, 0.4) is 0 Å². The van der Waals surface area contributed by atoms with Crippen molar-refractivity contribution < 1.29 is 4.39 Å². The first-order valence-electron chi connectivity index (χ1n) is 5.91. The molecule has 2 rings (SSSR count). The van der Waals surface area contributed by atoms with Crippen LogP contribution < -0.4 is 10.2 Å². The quantitative estimate of drug-likeness (QED) is 0.825. The zero-order chi connectivity index (χ0) is 11.5. The van der Waals surface area contributed by atoms with Gasteiger partial charge in [0, 0.05) is 31.4 Å². The number of hydrogen-bond acceptors (Lipinski definition) is 2. The van der Waals surface area contributed by atoms with E-state index in [1.807, 2.05) is 12.1 Å². The summed E-state index contributed by atoms with van der Waals surface area (Å²) in [6, 6.07) is 7.31. The highest BCUT2D eigenvalue weighted by molar-refractivity contribution is 5.48. The molecule has 0 aliphatic carbocycles. The van der Waals surface area contributed by atoms with Crippen LogP contribution in [0.5, 0.6) is 0 Å². The number of benzene rings is 1. The van der Waals surface area contributed by atoms with E-state index in [9.17, 15) is 4.39 Å². The number of piperazine rings is 1. The summed E-state index contributed by atoms with van der Waals surface area (Å²) in [5, 5.41) is 3.41. The van der Waals surface area contributed by atoms with Crippen molar-refractivity contribution in [2.24, 2.45) is 5.92 Å². The molecule has 1 aromatic carbocycles. The molecule has 1 heterocycles. The highest BCUT2D eigenvalue weighted by atomic mass is 19.1. The Balaban J connectivity index is 2.19. The van der Waals surface area contributed by atoms with Gasteiger partial charge < -0.3 is 10.2 Å². The maximum absolute atomic E-state index is 12.9. The molecule has 0 aromatic heterocycles. The fourth-order valence-electron chi connectivity index (χ4n) is 2.27. The average molecular weight is 222 g/mol. The molecule has 0 spiro atoms. The minimum atomic E-state index is -0.167. The van der Waals surface area contributed by atoms with E-state index in [4.69, 9.17) is 0 Å². The van der Waals surface area contributed by atoms with Crippen molar-refractivity contribution in [3.63, 3.8) is 0 Å². The van der Waals surface area contributed by atoms with E-state index in [0.717, 1.165) is 25.3 Å². The highest BCUT2D eigenvalue weighted by Gasteiger charge is 2.24. The predicted molar refractivity (Wildman–Crippen MR) is 65.2 cm³/mol. The number of anilines is 1. The molecule has 0 radical (unpaired) electrons. The molecule has 1 atom stereocenters. The van der Waals surface area contributed by atoms with E-state index in [-0.39, 0.29) is 5.82 Å². The molecule has 1 fully saturated rings. The maximum atomic E-state index is 12.9. The lowest BCUT2D eigenvalue weighted by Crippen LogP contribution is -2.53. The smallest absolute Gasteiger partial charge is 0.123 e. The molecule has 1 saturated heterocycles. The van der Waals surface area contributed by atoms with E-state index in [0.29, 0.717) is 12.0 Å². The third kappa shape index (κ3) is 2.35. The maximum Gasteiger partial charge on any atom is 0.123 e. The van der Waals surface area contributed by atoms with Crippen LogP contribution in [0.15, 0.2) is 24.3 Å². The van der Waals surface area contributed by atoms with Gasteiger partial charge in [0.15, 0.2) is 0 Å². The van der Waals surface area contributed by atoms with Crippen molar-refractivity contribution >= 4 is 5.69 Å². The van der Waals surface area contributed by atoms with Crippen LogP contribution in [0.1, 0.15) is 13.8 Å². The first-order chi connectivity index (χ1) is 7.68. The van der Waals surface area contributed by atoms with Gasteiger partial charge in [0.2, 0.25) is 0 Å². The van der Waals surface area contributed by atoms with Gasteiger partial charge in [-0.3, -0.25) is 0 Å². The van der Waals surface area contributed by atoms with Crippen molar-refractivity contribution in [1.29, 1.82) is 0 Å². The summed E-state index contributed by atoms with van der Waals surface area (Å²) in [5.74, 6) is 0.429. The topological polar surface area (TPSA) is 15.3 Å². The standard InChI is InChI=1S/C13H19FN2/c1-10(2)13-9-15-7-8-16(13)12-5-3-11(14)4-6-12/h3-6,10,13,15H,7-9H2,1-2H3.